The van der Waals surface area contributed by atoms with Crippen LogP contribution in [0.3, 0.4) is 0 Å². The fraction of sp³-hybridized carbons (Fsp3) is 0.118. The van der Waals surface area contributed by atoms with Gasteiger partial charge in [-0.2, -0.15) is 0 Å². The van der Waals surface area contributed by atoms with Crippen molar-refractivity contribution in [2.75, 3.05) is 5.32 Å². The fourth-order valence-electron chi connectivity index (χ4n) is 2.37. The van der Waals surface area contributed by atoms with Crippen molar-refractivity contribution in [2.24, 2.45) is 0 Å². The van der Waals surface area contributed by atoms with Crippen LogP contribution in [0.15, 0.2) is 41.5 Å². The van der Waals surface area contributed by atoms with E-state index >= 15 is 0 Å². The zero-order chi connectivity index (χ0) is 18.1. The van der Waals surface area contributed by atoms with E-state index in [1.807, 2.05) is 13.0 Å². The number of hydrogen-bond donors (Lipinski definition) is 1. The number of nitrogens with zero attached hydrogens (tertiary/aromatic N) is 2. The summed E-state index contributed by atoms with van der Waals surface area (Å²) in [6.45, 7) is 1.68. The summed E-state index contributed by atoms with van der Waals surface area (Å²) >= 11 is 18.1. The maximum Gasteiger partial charge on any atom is 0.261 e. The van der Waals surface area contributed by atoms with Gasteiger partial charge in [0, 0.05) is 5.02 Å². The minimum Gasteiger partial charge on any atom is -0.323 e. The predicted molar refractivity (Wildman–Crippen MR) is 101 cm³/mol. The van der Waals surface area contributed by atoms with Gasteiger partial charge in [0.25, 0.3) is 5.56 Å². The Hall–Kier alpha value is -2.08. The second-order valence-electron chi connectivity index (χ2n) is 5.49. The lowest BCUT2D eigenvalue weighted by Gasteiger charge is -2.10. The molecule has 0 atom stereocenters. The topological polar surface area (TPSA) is 64.0 Å². The van der Waals surface area contributed by atoms with Gasteiger partial charge >= 0.3 is 0 Å². The molecular weight excluding hydrogens is 385 g/mol. The summed E-state index contributed by atoms with van der Waals surface area (Å²) in [7, 11) is 0. The lowest BCUT2D eigenvalue weighted by molar-refractivity contribution is -0.116. The molecule has 8 heteroatoms. The van der Waals surface area contributed by atoms with E-state index in [0.717, 1.165) is 5.56 Å². The lowest BCUT2D eigenvalue weighted by Crippen LogP contribution is -2.28. The molecule has 128 valence electrons. The normalized spacial score (nSPS) is 10.9. The third kappa shape index (κ3) is 3.79. The van der Waals surface area contributed by atoms with Crippen LogP contribution < -0.4 is 10.9 Å². The first-order valence-corrected chi connectivity index (χ1v) is 8.39. The third-order valence-corrected chi connectivity index (χ3v) is 4.38. The summed E-state index contributed by atoms with van der Waals surface area (Å²) < 4.78 is 1.19. The van der Waals surface area contributed by atoms with E-state index in [1.165, 1.54) is 23.0 Å². The van der Waals surface area contributed by atoms with Gasteiger partial charge < -0.3 is 5.32 Å². The summed E-state index contributed by atoms with van der Waals surface area (Å²) in [6.07, 6.45) is 1.28. The Morgan fingerprint density at radius 3 is 2.64 bits per heavy atom. The van der Waals surface area contributed by atoms with Gasteiger partial charge in [0.15, 0.2) is 0 Å². The highest BCUT2D eigenvalue weighted by Gasteiger charge is 2.12. The molecule has 0 spiro atoms. The first-order valence-electron chi connectivity index (χ1n) is 7.25. The Kier molecular flexibility index (Phi) is 4.99. The van der Waals surface area contributed by atoms with Gasteiger partial charge in [0.05, 0.1) is 33.0 Å². The maximum absolute atomic E-state index is 12.5. The Bertz CT molecular complexity index is 1050. The third-order valence-electron chi connectivity index (χ3n) is 3.56. The Morgan fingerprint density at radius 1 is 1.16 bits per heavy atom. The van der Waals surface area contributed by atoms with Crippen LogP contribution in [0, 0.1) is 6.92 Å². The molecule has 0 saturated carbocycles. The van der Waals surface area contributed by atoms with Crippen molar-refractivity contribution in [1.29, 1.82) is 0 Å². The van der Waals surface area contributed by atoms with Crippen LogP contribution in [-0.4, -0.2) is 15.5 Å². The van der Waals surface area contributed by atoms with Crippen molar-refractivity contribution in [3.05, 3.63) is 67.6 Å². The summed E-state index contributed by atoms with van der Waals surface area (Å²) in [5, 5.41) is 3.96. The van der Waals surface area contributed by atoms with E-state index < -0.39 is 11.5 Å². The monoisotopic (exact) mass is 395 g/mol. The number of aromatic nitrogens is 2. The van der Waals surface area contributed by atoms with Crippen LogP contribution in [-0.2, 0) is 11.3 Å². The molecule has 3 rings (SSSR count). The van der Waals surface area contributed by atoms with E-state index in [-0.39, 0.29) is 17.0 Å². The highest BCUT2D eigenvalue weighted by molar-refractivity contribution is 6.38. The van der Waals surface area contributed by atoms with Crippen molar-refractivity contribution < 1.29 is 4.79 Å². The van der Waals surface area contributed by atoms with Crippen LogP contribution in [0.1, 0.15) is 5.56 Å². The van der Waals surface area contributed by atoms with E-state index in [0.29, 0.717) is 21.2 Å². The second kappa shape index (κ2) is 7.04. The molecule has 0 saturated heterocycles. The average molecular weight is 397 g/mol. The molecule has 0 aliphatic carbocycles. The first kappa shape index (κ1) is 17.7. The molecule has 1 N–H and O–H groups in total. The van der Waals surface area contributed by atoms with Gasteiger partial charge in [-0.3, -0.25) is 14.2 Å². The number of hydrogen-bond acceptors (Lipinski definition) is 3. The number of amides is 1. The minimum atomic E-state index is -0.403. The number of halogens is 3. The molecule has 1 aromatic heterocycles. The number of anilines is 1. The molecular formula is C17H12Cl3N3O2. The number of fused-ring (bicyclic) bond motifs is 1. The van der Waals surface area contributed by atoms with E-state index in [9.17, 15) is 9.59 Å². The standard InChI is InChI=1S/C17H12Cl3N3O2/c1-9-2-3-14(12(19)4-9)22-15(24)7-23-8-21-16-11(17(23)25)5-10(18)6-13(16)20/h2-6,8H,7H2,1H3,(H,22,24). The van der Waals surface area contributed by atoms with Crippen molar-refractivity contribution in [1.82, 2.24) is 9.55 Å². The molecule has 0 radical (unpaired) electrons. The van der Waals surface area contributed by atoms with Gasteiger partial charge in [0.1, 0.15) is 6.54 Å². The predicted octanol–water partition coefficient (Wildman–Crippen LogP) is 4.30. The zero-order valence-corrected chi connectivity index (χ0v) is 15.3. The van der Waals surface area contributed by atoms with Crippen LogP contribution in [0.4, 0.5) is 5.69 Å². The van der Waals surface area contributed by atoms with Gasteiger partial charge in [-0.05, 0) is 36.8 Å². The lowest BCUT2D eigenvalue weighted by atomic mass is 10.2. The Morgan fingerprint density at radius 2 is 1.92 bits per heavy atom. The Labute approximate surface area is 158 Å². The van der Waals surface area contributed by atoms with Gasteiger partial charge in [-0.1, -0.05) is 40.9 Å². The van der Waals surface area contributed by atoms with E-state index in [4.69, 9.17) is 34.8 Å². The molecule has 0 aliphatic rings. The molecule has 5 nitrogen and oxygen atoms in total. The van der Waals surface area contributed by atoms with Crippen LogP contribution in [0.25, 0.3) is 10.9 Å². The Balaban J connectivity index is 1.89. The van der Waals surface area contributed by atoms with Gasteiger partial charge in [-0.15, -0.1) is 0 Å². The molecule has 1 heterocycles. The number of aryl methyl sites for hydroxylation is 1. The number of benzene rings is 2. The summed E-state index contributed by atoms with van der Waals surface area (Å²) in [5.74, 6) is -0.401. The van der Waals surface area contributed by atoms with Crippen molar-refractivity contribution in [3.63, 3.8) is 0 Å². The summed E-state index contributed by atoms with van der Waals surface area (Å²) in [4.78, 5) is 28.9. The van der Waals surface area contributed by atoms with Gasteiger partial charge in [0.2, 0.25) is 5.91 Å². The number of carbonyl (C=O) groups excluding carboxylic acids is 1. The summed E-state index contributed by atoms with van der Waals surface area (Å²) in [5.41, 5.74) is 1.39. The first-order chi connectivity index (χ1) is 11.8. The smallest absolute Gasteiger partial charge is 0.261 e. The number of rotatable bonds is 3. The molecule has 25 heavy (non-hydrogen) atoms. The van der Waals surface area contributed by atoms with Crippen LogP contribution >= 0.6 is 34.8 Å². The van der Waals surface area contributed by atoms with Crippen LogP contribution in [0.2, 0.25) is 15.1 Å². The molecule has 1 amide bonds. The molecule has 2 aromatic carbocycles. The highest BCUT2D eigenvalue weighted by Crippen LogP contribution is 2.24. The molecule has 0 bridgehead atoms. The van der Waals surface area contributed by atoms with Crippen molar-refractivity contribution in [3.8, 4) is 0 Å². The number of nitrogens with one attached hydrogen (secondary N) is 1. The maximum atomic E-state index is 12.5. The zero-order valence-electron chi connectivity index (χ0n) is 13.0. The van der Waals surface area contributed by atoms with Crippen molar-refractivity contribution in [2.45, 2.75) is 13.5 Å². The highest BCUT2D eigenvalue weighted by atomic mass is 35.5. The largest absolute Gasteiger partial charge is 0.323 e. The van der Waals surface area contributed by atoms with Gasteiger partial charge in [-0.25, -0.2) is 4.98 Å². The molecule has 0 fully saturated rings. The summed E-state index contributed by atoms with van der Waals surface area (Å²) in [6, 6.07) is 8.26. The molecule has 3 aromatic rings. The molecule has 0 unspecified atom stereocenters. The fourth-order valence-corrected chi connectivity index (χ4v) is 3.20. The number of carbonyl (C=O) groups is 1. The second-order valence-corrected chi connectivity index (χ2v) is 6.74. The van der Waals surface area contributed by atoms with Crippen molar-refractivity contribution >= 4 is 57.3 Å². The quantitative estimate of drug-likeness (QED) is 0.718. The van der Waals surface area contributed by atoms with E-state index in [2.05, 4.69) is 10.3 Å². The van der Waals surface area contributed by atoms with Crippen LogP contribution in [0.5, 0.6) is 0 Å². The van der Waals surface area contributed by atoms with E-state index in [1.54, 1.807) is 12.1 Å². The SMILES string of the molecule is Cc1ccc(NC(=O)Cn2cnc3c(Cl)cc(Cl)cc3c2=O)c(Cl)c1. The minimum absolute atomic E-state index is 0.212. The molecule has 0 aliphatic heterocycles. The average Bonchev–Trinajstić information content (AvgIpc) is 2.53.